The normalized spacial score (nSPS) is 9.80. The SMILES string of the molecule is CSc1cc(N)ccc1F. The summed E-state index contributed by atoms with van der Waals surface area (Å²) in [7, 11) is 0. The third-order valence-electron chi connectivity index (χ3n) is 1.18. The van der Waals surface area contributed by atoms with Gasteiger partial charge in [-0.05, 0) is 24.5 Å². The first-order valence-electron chi connectivity index (χ1n) is 2.83. The van der Waals surface area contributed by atoms with Gasteiger partial charge in [-0.1, -0.05) is 0 Å². The molecule has 54 valence electrons. The molecule has 0 atom stereocenters. The number of rotatable bonds is 1. The maximum Gasteiger partial charge on any atom is 0.136 e. The molecular weight excluding hydrogens is 149 g/mol. The molecule has 0 radical (unpaired) electrons. The Labute approximate surface area is 63.4 Å². The van der Waals surface area contributed by atoms with E-state index in [9.17, 15) is 4.39 Å². The van der Waals surface area contributed by atoms with Crippen LogP contribution < -0.4 is 5.73 Å². The molecule has 0 aliphatic heterocycles. The summed E-state index contributed by atoms with van der Waals surface area (Å²) in [5.74, 6) is -0.207. The third-order valence-corrected chi connectivity index (χ3v) is 1.93. The van der Waals surface area contributed by atoms with Gasteiger partial charge in [0.15, 0.2) is 0 Å². The first-order chi connectivity index (χ1) is 4.74. The van der Waals surface area contributed by atoms with E-state index in [-0.39, 0.29) is 5.82 Å². The van der Waals surface area contributed by atoms with Crippen molar-refractivity contribution in [2.24, 2.45) is 0 Å². The van der Waals surface area contributed by atoms with Crippen molar-refractivity contribution in [1.82, 2.24) is 0 Å². The Hall–Kier alpha value is -0.700. The third kappa shape index (κ3) is 1.42. The van der Waals surface area contributed by atoms with Crippen molar-refractivity contribution in [3.63, 3.8) is 0 Å². The van der Waals surface area contributed by atoms with E-state index in [1.165, 1.54) is 17.8 Å². The smallest absolute Gasteiger partial charge is 0.136 e. The number of hydrogen-bond donors (Lipinski definition) is 1. The fraction of sp³-hybridized carbons (Fsp3) is 0.143. The highest BCUT2D eigenvalue weighted by molar-refractivity contribution is 7.98. The minimum absolute atomic E-state index is 0.207. The van der Waals surface area contributed by atoms with E-state index in [1.807, 2.05) is 6.26 Å². The van der Waals surface area contributed by atoms with Crippen molar-refractivity contribution in [1.29, 1.82) is 0 Å². The Morgan fingerprint density at radius 1 is 1.50 bits per heavy atom. The van der Waals surface area contributed by atoms with Gasteiger partial charge in [-0.2, -0.15) is 0 Å². The van der Waals surface area contributed by atoms with Gasteiger partial charge in [-0.15, -0.1) is 11.8 Å². The van der Waals surface area contributed by atoms with Gasteiger partial charge in [-0.3, -0.25) is 0 Å². The molecule has 3 heteroatoms. The van der Waals surface area contributed by atoms with Crippen LogP contribution >= 0.6 is 11.8 Å². The van der Waals surface area contributed by atoms with Crippen LogP contribution in [0.5, 0.6) is 0 Å². The van der Waals surface area contributed by atoms with Gasteiger partial charge in [0.25, 0.3) is 0 Å². The number of anilines is 1. The van der Waals surface area contributed by atoms with Gasteiger partial charge in [-0.25, -0.2) is 4.39 Å². The van der Waals surface area contributed by atoms with E-state index in [4.69, 9.17) is 5.73 Å². The topological polar surface area (TPSA) is 26.0 Å². The van der Waals surface area contributed by atoms with Crippen molar-refractivity contribution >= 4 is 17.4 Å². The van der Waals surface area contributed by atoms with Crippen LogP contribution in [-0.4, -0.2) is 6.26 Å². The van der Waals surface area contributed by atoms with E-state index in [0.29, 0.717) is 10.6 Å². The van der Waals surface area contributed by atoms with Crippen LogP contribution in [0.15, 0.2) is 23.1 Å². The second-order valence-corrected chi connectivity index (χ2v) is 2.74. The van der Waals surface area contributed by atoms with E-state index in [1.54, 1.807) is 12.1 Å². The molecule has 2 N–H and O–H groups in total. The Morgan fingerprint density at radius 3 is 2.70 bits per heavy atom. The van der Waals surface area contributed by atoms with E-state index < -0.39 is 0 Å². The fourth-order valence-electron chi connectivity index (χ4n) is 0.676. The Balaban J connectivity index is 3.09. The van der Waals surface area contributed by atoms with Crippen molar-refractivity contribution in [2.45, 2.75) is 4.90 Å². The van der Waals surface area contributed by atoms with Crippen LogP contribution in [0.2, 0.25) is 0 Å². The zero-order chi connectivity index (χ0) is 7.56. The molecule has 0 unspecified atom stereocenters. The van der Waals surface area contributed by atoms with Crippen molar-refractivity contribution < 1.29 is 4.39 Å². The predicted molar refractivity (Wildman–Crippen MR) is 42.6 cm³/mol. The lowest BCUT2D eigenvalue weighted by Gasteiger charge is -1.98. The van der Waals surface area contributed by atoms with Crippen LogP contribution in [0.1, 0.15) is 0 Å². The summed E-state index contributed by atoms with van der Waals surface area (Å²) in [6, 6.07) is 4.55. The molecule has 1 rings (SSSR count). The maximum absolute atomic E-state index is 12.7. The Kier molecular flexibility index (Phi) is 2.17. The predicted octanol–water partition coefficient (Wildman–Crippen LogP) is 2.13. The minimum Gasteiger partial charge on any atom is -0.399 e. The Bertz CT molecular complexity index is 237. The molecule has 0 aliphatic carbocycles. The summed E-state index contributed by atoms with van der Waals surface area (Å²) in [5, 5.41) is 0. The highest BCUT2D eigenvalue weighted by Gasteiger charge is 1.98. The summed E-state index contributed by atoms with van der Waals surface area (Å²) < 4.78 is 12.7. The van der Waals surface area contributed by atoms with Gasteiger partial charge < -0.3 is 5.73 Å². The van der Waals surface area contributed by atoms with Gasteiger partial charge in [0.2, 0.25) is 0 Å². The summed E-state index contributed by atoms with van der Waals surface area (Å²) in [6.45, 7) is 0. The molecule has 0 heterocycles. The minimum atomic E-state index is -0.207. The number of nitrogens with two attached hydrogens (primary N) is 1. The van der Waals surface area contributed by atoms with Crippen LogP contribution in [0.3, 0.4) is 0 Å². The lowest BCUT2D eigenvalue weighted by molar-refractivity contribution is 0.602. The lowest BCUT2D eigenvalue weighted by Crippen LogP contribution is -1.86. The molecule has 0 bridgehead atoms. The van der Waals surface area contributed by atoms with Gasteiger partial charge in [0.05, 0.1) is 0 Å². The first kappa shape index (κ1) is 7.41. The number of nitrogen functional groups attached to an aromatic ring is 1. The second-order valence-electron chi connectivity index (χ2n) is 1.89. The standard InChI is InChI=1S/C7H8FNS/c1-10-7-4-5(9)2-3-6(7)8/h2-4H,9H2,1H3. The molecule has 0 spiro atoms. The summed E-state index contributed by atoms with van der Waals surface area (Å²) in [5.41, 5.74) is 6.03. The van der Waals surface area contributed by atoms with Crippen LogP contribution in [0, 0.1) is 5.82 Å². The van der Waals surface area contributed by atoms with E-state index in [2.05, 4.69) is 0 Å². The largest absolute Gasteiger partial charge is 0.399 e. The quantitative estimate of drug-likeness (QED) is 0.499. The number of thioether (sulfide) groups is 1. The van der Waals surface area contributed by atoms with Crippen molar-refractivity contribution in [3.05, 3.63) is 24.0 Å². The average Bonchev–Trinajstić information content (AvgIpc) is 1.94. The maximum atomic E-state index is 12.7. The molecule has 0 aromatic heterocycles. The first-order valence-corrected chi connectivity index (χ1v) is 4.05. The summed E-state index contributed by atoms with van der Waals surface area (Å²) in [6.07, 6.45) is 1.82. The summed E-state index contributed by atoms with van der Waals surface area (Å²) >= 11 is 1.35. The van der Waals surface area contributed by atoms with E-state index >= 15 is 0 Å². The molecular formula is C7H8FNS. The van der Waals surface area contributed by atoms with Gasteiger partial charge >= 0.3 is 0 Å². The molecule has 1 aromatic carbocycles. The lowest BCUT2D eigenvalue weighted by atomic mass is 10.3. The molecule has 10 heavy (non-hydrogen) atoms. The number of hydrogen-bond acceptors (Lipinski definition) is 2. The highest BCUT2D eigenvalue weighted by Crippen LogP contribution is 2.20. The second kappa shape index (κ2) is 2.92. The van der Waals surface area contributed by atoms with E-state index in [0.717, 1.165) is 0 Å². The van der Waals surface area contributed by atoms with Crippen molar-refractivity contribution in [3.8, 4) is 0 Å². The number of halogens is 1. The molecule has 1 aromatic rings. The van der Waals surface area contributed by atoms with Gasteiger partial charge in [0.1, 0.15) is 5.82 Å². The zero-order valence-corrected chi connectivity index (χ0v) is 6.41. The summed E-state index contributed by atoms with van der Waals surface area (Å²) in [4.78, 5) is 0.597. The van der Waals surface area contributed by atoms with Crippen LogP contribution in [-0.2, 0) is 0 Å². The monoisotopic (exact) mass is 157 g/mol. The highest BCUT2D eigenvalue weighted by atomic mass is 32.2. The Morgan fingerprint density at radius 2 is 2.20 bits per heavy atom. The van der Waals surface area contributed by atoms with Crippen LogP contribution in [0.25, 0.3) is 0 Å². The average molecular weight is 157 g/mol. The van der Waals surface area contributed by atoms with Crippen LogP contribution in [0.4, 0.5) is 10.1 Å². The molecule has 0 amide bonds. The fourth-order valence-corrected chi connectivity index (χ4v) is 1.19. The van der Waals surface area contributed by atoms with Crippen molar-refractivity contribution in [2.75, 3.05) is 12.0 Å². The molecule has 0 fully saturated rings. The zero-order valence-electron chi connectivity index (χ0n) is 5.60. The molecule has 1 nitrogen and oxygen atoms in total. The van der Waals surface area contributed by atoms with Gasteiger partial charge in [0, 0.05) is 10.6 Å². The molecule has 0 saturated carbocycles. The number of benzene rings is 1. The molecule has 0 saturated heterocycles. The molecule has 0 aliphatic rings.